The van der Waals surface area contributed by atoms with Gasteiger partial charge >= 0.3 is 0 Å². The van der Waals surface area contributed by atoms with Crippen LogP contribution in [0.1, 0.15) is 25.3 Å². The first-order valence-corrected chi connectivity index (χ1v) is 13.9. The summed E-state index contributed by atoms with van der Waals surface area (Å²) in [7, 11) is -6.04. The molecule has 1 aliphatic heterocycles. The van der Waals surface area contributed by atoms with Crippen LogP contribution in [0, 0.1) is 0 Å². The molecule has 1 saturated heterocycles. The van der Waals surface area contributed by atoms with Gasteiger partial charge in [0, 0.05) is 13.1 Å². The van der Waals surface area contributed by atoms with Gasteiger partial charge in [-0.1, -0.05) is 19.1 Å². The smallest absolute Gasteiger partial charge is 0.245 e. The molecule has 1 fully saturated rings. The molecular formula is C22H29N3O6S2. The maximum atomic E-state index is 12.9. The molecule has 0 saturated carbocycles. The zero-order valence-corrected chi connectivity index (χ0v) is 20.6. The molecule has 3 rings (SSSR count). The molecule has 2 aromatic rings. The lowest BCUT2D eigenvalue weighted by Gasteiger charge is -2.22. The summed E-state index contributed by atoms with van der Waals surface area (Å²) in [5, 5.41) is 2.61. The Balaban J connectivity index is 1.85. The van der Waals surface area contributed by atoms with Crippen molar-refractivity contribution < 1.29 is 26.4 Å². The van der Waals surface area contributed by atoms with Crippen LogP contribution in [0.25, 0.3) is 0 Å². The van der Waals surface area contributed by atoms with Crippen LogP contribution in [-0.2, 0) is 31.3 Å². The normalized spacial score (nSPS) is 14.8. The second kappa shape index (κ2) is 10.1. The summed E-state index contributed by atoms with van der Waals surface area (Å²) >= 11 is 0. The van der Waals surface area contributed by atoms with Crippen molar-refractivity contribution in [2.45, 2.75) is 31.1 Å². The Morgan fingerprint density at radius 3 is 2.24 bits per heavy atom. The summed E-state index contributed by atoms with van der Waals surface area (Å²) in [5.41, 5.74) is 1.55. The van der Waals surface area contributed by atoms with E-state index in [1.807, 2.05) is 6.92 Å². The van der Waals surface area contributed by atoms with Crippen molar-refractivity contribution in [1.82, 2.24) is 4.31 Å². The number of ether oxygens (including phenoxy) is 1. The highest BCUT2D eigenvalue weighted by Gasteiger charge is 2.28. The van der Waals surface area contributed by atoms with E-state index in [0.717, 1.165) is 35.4 Å². The van der Waals surface area contributed by atoms with Crippen molar-refractivity contribution in [2.75, 3.05) is 42.6 Å². The molecule has 9 nitrogen and oxygen atoms in total. The van der Waals surface area contributed by atoms with Crippen molar-refractivity contribution >= 4 is 37.3 Å². The van der Waals surface area contributed by atoms with Gasteiger partial charge < -0.3 is 10.1 Å². The van der Waals surface area contributed by atoms with E-state index in [1.54, 1.807) is 24.3 Å². The van der Waals surface area contributed by atoms with Crippen molar-refractivity contribution in [3.8, 4) is 5.75 Å². The van der Waals surface area contributed by atoms with Gasteiger partial charge in [-0.2, -0.15) is 4.31 Å². The molecule has 1 N–H and O–H groups in total. The van der Waals surface area contributed by atoms with Crippen LogP contribution in [0.2, 0.25) is 0 Å². The number of amides is 1. The van der Waals surface area contributed by atoms with Crippen LogP contribution >= 0.6 is 0 Å². The largest absolute Gasteiger partial charge is 0.495 e. The second-order valence-corrected chi connectivity index (χ2v) is 11.7. The van der Waals surface area contributed by atoms with E-state index in [2.05, 4.69) is 5.32 Å². The summed E-state index contributed by atoms with van der Waals surface area (Å²) in [6, 6.07) is 11.2. The molecule has 1 heterocycles. The minimum atomic E-state index is -3.74. The highest BCUT2D eigenvalue weighted by Crippen LogP contribution is 2.30. The Labute approximate surface area is 195 Å². The Hall–Kier alpha value is -2.63. The molecule has 0 aromatic heterocycles. The molecule has 0 aliphatic carbocycles. The lowest BCUT2D eigenvalue weighted by atomic mass is 10.1. The van der Waals surface area contributed by atoms with E-state index in [4.69, 9.17) is 4.74 Å². The number of nitrogens with one attached hydrogen (secondary N) is 1. The van der Waals surface area contributed by atoms with Gasteiger partial charge in [0.25, 0.3) is 0 Å². The van der Waals surface area contributed by atoms with Crippen LogP contribution in [-0.4, -0.2) is 60.0 Å². The zero-order valence-electron chi connectivity index (χ0n) is 18.9. The second-order valence-electron chi connectivity index (χ2n) is 7.81. The number of nitrogens with zero attached hydrogens (tertiary/aromatic N) is 2. The first kappa shape index (κ1) is 25.0. The zero-order chi connectivity index (χ0) is 24.2. The molecule has 180 valence electrons. The number of carbonyl (C=O) groups is 1. The fourth-order valence-corrected chi connectivity index (χ4v) is 6.04. The van der Waals surface area contributed by atoms with Gasteiger partial charge in [-0.15, -0.1) is 0 Å². The summed E-state index contributed by atoms with van der Waals surface area (Å²) in [6.45, 7) is 2.42. The Morgan fingerprint density at radius 2 is 1.70 bits per heavy atom. The van der Waals surface area contributed by atoms with Gasteiger partial charge in [-0.05, 0) is 55.2 Å². The summed E-state index contributed by atoms with van der Waals surface area (Å²) in [5.74, 6) is -0.365. The molecule has 0 spiro atoms. The number of hydrogen-bond acceptors (Lipinski definition) is 6. The van der Waals surface area contributed by atoms with E-state index < -0.39 is 32.5 Å². The fraction of sp³-hybridized carbons (Fsp3) is 0.409. The predicted octanol–water partition coefficient (Wildman–Crippen LogP) is 2.45. The Bertz CT molecular complexity index is 1210. The van der Waals surface area contributed by atoms with Crippen molar-refractivity contribution in [1.29, 1.82) is 0 Å². The number of methoxy groups -OCH3 is 1. The van der Waals surface area contributed by atoms with Crippen LogP contribution in [0.4, 0.5) is 11.4 Å². The number of hydrogen-bond donors (Lipinski definition) is 1. The monoisotopic (exact) mass is 495 g/mol. The SMILES string of the molecule is CCc1ccc(N(CC(=O)Nc2cc(S(=O)(=O)N3CCCC3)ccc2OC)S(C)(=O)=O)cc1. The molecule has 11 heteroatoms. The molecule has 0 atom stereocenters. The lowest BCUT2D eigenvalue weighted by molar-refractivity contribution is -0.114. The number of aryl methyl sites for hydroxylation is 1. The average Bonchev–Trinajstić information content (AvgIpc) is 3.33. The number of rotatable bonds is 9. The quantitative estimate of drug-likeness (QED) is 0.572. The van der Waals surface area contributed by atoms with Gasteiger partial charge in [0.2, 0.25) is 26.0 Å². The van der Waals surface area contributed by atoms with Gasteiger partial charge in [0.05, 0.1) is 29.6 Å². The molecular weight excluding hydrogens is 466 g/mol. The van der Waals surface area contributed by atoms with E-state index in [-0.39, 0.29) is 16.3 Å². The van der Waals surface area contributed by atoms with Gasteiger partial charge in [0.1, 0.15) is 12.3 Å². The number of benzene rings is 2. The molecule has 1 amide bonds. The van der Waals surface area contributed by atoms with Crippen LogP contribution < -0.4 is 14.4 Å². The number of anilines is 2. The Morgan fingerprint density at radius 1 is 1.06 bits per heavy atom. The van der Waals surface area contributed by atoms with Crippen LogP contribution in [0.3, 0.4) is 0 Å². The molecule has 0 radical (unpaired) electrons. The Kier molecular flexibility index (Phi) is 7.65. The summed E-state index contributed by atoms with van der Waals surface area (Å²) in [4.78, 5) is 12.9. The van der Waals surface area contributed by atoms with E-state index in [1.165, 1.54) is 29.6 Å². The third-order valence-corrected chi connectivity index (χ3v) is 8.50. The first-order valence-electron chi connectivity index (χ1n) is 10.6. The first-order chi connectivity index (χ1) is 15.6. The lowest BCUT2D eigenvalue weighted by Crippen LogP contribution is -2.37. The van der Waals surface area contributed by atoms with Crippen molar-refractivity contribution in [3.05, 3.63) is 48.0 Å². The van der Waals surface area contributed by atoms with Crippen molar-refractivity contribution in [2.24, 2.45) is 0 Å². The van der Waals surface area contributed by atoms with Gasteiger partial charge in [-0.3, -0.25) is 9.10 Å². The molecule has 2 aromatic carbocycles. The highest BCUT2D eigenvalue weighted by molar-refractivity contribution is 7.92. The van der Waals surface area contributed by atoms with E-state index >= 15 is 0 Å². The van der Waals surface area contributed by atoms with Crippen molar-refractivity contribution in [3.63, 3.8) is 0 Å². The maximum absolute atomic E-state index is 12.9. The predicted molar refractivity (Wildman–Crippen MR) is 128 cm³/mol. The molecule has 1 aliphatic rings. The van der Waals surface area contributed by atoms with Gasteiger partial charge in [-0.25, -0.2) is 16.8 Å². The highest BCUT2D eigenvalue weighted by atomic mass is 32.2. The van der Waals surface area contributed by atoms with E-state index in [0.29, 0.717) is 18.8 Å². The molecule has 33 heavy (non-hydrogen) atoms. The van der Waals surface area contributed by atoms with E-state index in [9.17, 15) is 21.6 Å². The standard InChI is InChI=1S/C22H29N3O6S2/c1-4-17-7-9-18(10-8-17)25(32(3,27)28)16-22(26)23-20-15-19(11-12-21(20)31-2)33(29,30)24-13-5-6-14-24/h7-12,15H,4-6,13-14,16H2,1-3H3,(H,23,26). The number of carbonyl (C=O) groups excluding carboxylic acids is 1. The van der Waals surface area contributed by atoms with Crippen LogP contribution in [0.5, 0.6) is 5.75 Å². The third-order valence-electron chi connectivity index (χ3n) is 5.47. The maximum Gasteiger partial charge on any atom is 0.245 e. The topological polar surface area (TPSA) is 113 Å². The summed E-state index contributed by atoms with van der Waals surface area (Å²) in [6.07, 6.45) is 3.44. The summed E-state index contributed by atoms with van der Waals surface area (Å²) < 4.78 is 58.2. The molecule has 0 bridgehead atoms. The fourth-order valence-electron chi connectivity index (χ4n) is 3.64. The minimum Gasteiger partial charge on any atom is -0.495 e. The third kappa shape index (κ3) is 5.84. The number of sulfonamides is 2. The van der Waals surface area contributed by atoms with Gasteiger partial charge in [0.15, 0.2) is 0 Å². The van der Waals surface area contributed by atoms with Crippen LogP contribution in [0.15, 0.2) is 47.4 Å². The minimum absolute atomic E-state index is 0.0376. The molecule has 0 unspecified atom stereocenters. The average molecular weight is 496 g/mol.